The number of hydrogen-bond donors (Lipinski definition) is 2. The van der Waals surface area contributed by atoms with Crippen molar-refractivity contribution in [2.45, 2.75) is 30.1 Å². The predicted molar refractivity (Wildman–Crippen MR) is 51.0 cm³/mol. The van der Waals surface area contributed by atoms with E-state index in [0.717, 1.165) is 11.5 Å². The van der Waals surface area contributed by atoms with Crippen LogP contribution in [0.3, 0.4) is 0 Å². The van der Waals surface area contributed by atoms with Crippen molar-refractivity contribution in [3.05, 3.63) is 0 Å². The molecule has 0 bridgehead atoms. The zero-order valence-corrected chi connectivity index (χ0v) is 8.20. The highest BCUT2D eigenvalue weighted by Gasteiger charge is 2.25. The Hall–Kier alpha value is 0.620. The molecule has 66 valence electrons. The van der Waals surface area contributed by atoms with E-state index in [0.29, 0.717) is 0 Å². The second-order valence-electron chi connectivity index (χ2n) is 2.69. The molecule has 2 atom stereocenters. The Morgan fingerprint density at radius 2 is 1.82 bits per heavy atom. The minimum absolute atomic E-state index is 0.184. The molecule has 2 unspecified atom stereocenters. The lowest BCUT2D eigenvalue weighted by Crippen LogP contribution is -2.33. The minimum atomic E-state index is -0.599. The van der Waals surface area contributed by atoms with E-state index < -0.39 is 12.2 Å². The molecule has 1 fully saturated rings. The van der Waals surface area contributed by atoms with Gasteiger partial charge in [0.05, 0.1) is 10.7 Å². The number of hydrogen-bond acceptors (Lipinski definition) is 4. The first-order chi connectivity index (χ1) is 5.22. The summed E-state index contributed by atoms with van der Waals surface area (Å²) in [6.07, 6.45) is 0.0571. The summed E-state index contributed by atoms with van der Waals surface area (Å²) in [5.41, 5.74) is 0. The van der Waals surface area contributed by atoms with Crippen molar-refractivity contribution in [1.82, 2.24) is 0 Å². The van der Waals surface area contributed by atoms with E-state index in [2.05, 4.69) is 0 Å². The summed E-state index contributed by atoms with van der Waals surface area (Å²) in [6.45, 7) is 1.64. The minimum Gasteiger partial charge on any atom is -0.391 e. The van der Waals surface area contributed by atoms with Gasteiger partial charge in [0.15, 0.2) is 0 Å². The zero-order valence-electron chi connectivity index (χ0n) is 6.56. The lowest BCUT2D eigenvalue weighted by Gasteiger charge is -2.27. The van der Waals surface area contributed by atoms with Gasteiger partial charge in [-0.1, -0.05) is 0 Å². The Kier molecular flexibility index (Phi) is 4.06. The molecule has 0 aromatic rings. The molecule has 1 rings (SSSR count). The van der Waals surface area contributed by atoms with Crippen molar-refractivity contribution >= 4 is 23.5 Å². The van der Waals surface area contributed by atoms with E-state index in [-0.39, 0.29) is 4.58 Å². The maximum atomic E-state index is 9.46. The van der Waals surface area contributed by atoms with E-state index in [1.807, 2.05) is 0 Å². The molecule has 0 aliphatic carbocycles. The zero-order chi connectivity index (χ0) is 8.27. The van der Waals surface area contributed by atoms with Crippen LogP contribution in [-0.2, 0) is 0 Å². The molecule has 0 aromatic carbocycles. The summed E-state index contributed by atoms with van der Waals surface area (Å²) in [5.74, 6) is 2.23. The molecule has 2 N–H and O–H groups in total. The van der Waals surface area contributed by atoms with Gasteiger partial charge in [-0.15, -0.1) is 23.5 Å². The van der Waals surface area contributed by atoms with Crippen molar-refractivity contribution in [3.63, 3.8) is 0 Å². The lowest BCUT2D eigenvalue weighted by atomic mass is 10.3. The van der Waals surface area contributed by atoms with Gasteiger partial charge in [-0.3, -0.25) is 0 Å². The fraction of sp³-hybridized carbons (Fsp3) is 1.00. The second-order valence-corrected chi connectivity index (χ2v) is 5.49. The first kappa shape index (κ1) is 9.71. The van der Waals surface area contributed by atoms with Crippen LogP contribution in [0, 0.1) is 0 Å². The van der Waals surface area contributed by atoms with Gasteiger partial charge in [0.1, 0.15) is 6.10 Å². The molecule has 0 amide bonds. The van der Waals surface area contributed by atoms with Crippen LogP contribution in [0.5, 0.6) is 0 Å². The molecule has 0 spiro atoms. The van der Waals surface area contributed by atoms with Crippen LogP contribution < -0.4 is 0 Å². The molecule has 11 heavy (non-hydrogen) atoms. The van der Waals surface area contributed by atoms with Gasteiger partial charge in [-0.2, -0.15) is 0 Å². The Bertz CT molecular complexity index is 113. The molecule has 1 heterocycles. The molecule has 1 aliphatic rings. The fourth-order valence-electron chi connectivity index (χ4n) is 0.931. The standard InChI is InChI=1S/C7H14O2S2/c1-5(8)6(9)7-10-3-2-4-11-7/h5-9H,2-4H2,1H3. The highest BCUT2D eigenvalue weighted by atomic mass is 32.2. The van der Waals surface area contributed by atoms with Gasteiger partial charge < -0.3 is 10.2 Å². The van der Waals surface area contributed by atoms with Crippen LogP contribution in [0.2, 0.25) is 0 Å². The number of rotatable bonds is 2. The third-order valence-corrected chi connectivity index (χ3v) is 4.71. The fourth-order valence-corrected chi connectivity index (χ4v) is 4.01. The normalized spacial score (nSPS) is 26.5. The van der Waals surface area contributed by atoms with Crippen molar-refractivity contribution < 1.29 is 10.2 Å². The van der Waals surface area contributed by atoms with Gasteiger partial charge in [0, 0.05) is 0 Å². The predicted octanol–water partition coefficient (Wildman–Crippen LogP) is 0.924. The van der Waals surface area contributed by atoms with Gasteiger partial charge in [-0.25, -0.2) is 0 Å². The summed E-state index contributed by atoms with van der Waals surface area (Å²) in [6, 6.07) is 0. The van der Waals surface area contributed by atoms with Gasteiger partial charge >= 0.3 is 0 Å². The Balaban J connectivity index is 2.32. The average Bonchev–Trinajstić information content (AvgIpc) is 2.05. The first-order valence-electron chi connectivity index (χ1n) is 3.81. The van der Waals surface area contributed by atoms with Gasteiger partial charge in [0.25, 0.3) is 0 Å². The molecule has 1 aliphatic heterocycles. The monoisotopic (exact) mass is 194 g/mol. The van der Waals surface area contributed by atoms with E-state index in [9.17, 15) is 5.11 Å². The van der Waals surface area contributed by atoms with Gasteiger partial charge in [-0.05, 0) is 24.9 Å². The van der Waals surface area contributed by atoms with E-state index >= 15 is 0 Å². The van der Waals surface area contributed by atoms with E-state index in [1.165, 1.54) is 6.42 Å². The Morgan fingerprint density at radius 1 is 1.27 bits per heavy atom. The third-order valence-electron chi connectivity index (χ3n) is 1.63. The number of thioether (sulfide) groups is 2. The van der Waals surface area contributed by atoms with Crippen molar-refractivity contribution in [3.8, 4) is 0 Å². The number of aliphatic hydroxyl groups is 2. The summed E-state index contributed by atoms with van der Waals surface area (Å²) >= 11 is 3.51. The molecule has 2 nitrogen and oxygen atoms in total. The lowest BCUT2D eigenvalue weighted by molar-refractivity contribution is 0.0421. The second kappa shape index (κ2) is 4.60. The van der Waals surface area contributed by atoms with Crippen LogP contribution in [0.1, 0.15) is 13.3 Å². The largest absolute Gasteiger partial charge is 0.391 e. The average molecular weight is 194 g/mol. The summed E-state index contributed by atoms with van der Waals surface area (Å²) < 4.78 is 0.184. The SMILES string of the molecule is CC(O)C(O)C1SCCCS1. The molecule has 1 saturated heterocycles. The molecular weight excluding hydrogens is 180 g/mol. The maximum Gasteiger partial charge on any atom is 0.101 e. The van der Waals surface area contributed by atoms with Crippen LogP contribution in [0.15, 0.2) is 0 Å². The number of aliphatic hydroxyl groups excluding tert-OH is 2. The topological polar surface area (TPSA) is 40.5 Å². The highest BCUT2D eigenvalue weighted by Crippen LogP contribution is 2.33. The quantitative estimate of drug-likeness (QED) is 0.686. The van der Waals surface area contributed by atoms with Crippen molar-refractivity contribution in [2.75, 3.05) is 11.5 Å². The van der Waals surface area contributed by atoms with Crippen molar-refractivity contribution in [2.24, 2.45) is 0 Å². The highest BCUT2D eigenvalue weighted by molar-refractivity contribution is 8.17. The summed E-state index contributed by atoms with van der Waals surface area (Å²) in [7, 11) is 0. The summed E-state index contributed by atoms with van der Waals surface area (Å²) in [5, 5.41) is 18.6. The van der Waals surface area contributed by atoms with Crippen molar-refractivity contribution in [1.29, 1.82) is 0 Å². The van der Waals surface area contributed by atoms with E-state index in [4.69, 9.17) is 5.11 Å². The first-order valence-corrected chi connectivity index (χ1v) is 5.91. The molecule has 0 radical (unpaired) electrons. The van der Waals surface area contributed by atoms with Crippen LogP contribution in [-0.4, -0.2) is 38.5 Å². The summed E-state index contributed by atoms with van der Waals surface area (Å²) in [4.78, 5) is 0. The third kappa shape index (κ3) is 2.86. The van der Waals surface area contributed by atoms with Gasteiger partial charge in [0.2, 0.25) is 0 Å². The Labute approximate surface area is 75.8 Å². The van der Waals surface area contributed by atoms with Crippen LogP contribution in [0.4, 0.5) is 0 Å². The van der Waals surface area contributed by atoms with Crippen LogP contribution in [0.25, 0.3) is 0 Å². The smallest absolute Gasteiger partial charge is 0.101 e. The molecule has 0 saturated carbocycles. The van der Waals surface area contributed by atoms with Crippen LogP contribution >= 0.6 is 23.5 Å². The maximum absolute atomic E-state index is 9.46. The molecule has 4 heteroatoms. The molecular formula is C7H14O2S2. The van der Waals surface area contributed by atoms with E-state index in [1.54, 1.807) is 30.4 Å². The molecule has 0 aromatic heterocycles. The Morgan fingerprint density at radius 3 is 2.27 bits per heavy atom.